The summed E-state index contributed by atoms with van der Waals surface area (Å²) in [6.45, 7) is 4.15. The van der Waals surface area contributed by atoms with Gasteiger partial charge in [-0.1, -0.05) is 18.7 Å². The van der Waals surface area contributed by atoms with E-state index < -0.39 is 5.97 Å². The van der Waals surface area contributed by atoms with E-state index in [-0.39, 0.29) is 17.2 Å². The van der Waals surface area contributed by atoms with Crippen molar-refractivity contribution < 1.29 is 14.3 Å². The summed E-state index contributed by atoms with van der Waals surface area (Å²) >= 11 is 2.89. The number of ether oxygens (including phenoxy) is 1. The van der Waals surface area contributed by atoms with Gasteiger partial charge in [0.05, 0.1) is 23.6 Å². The molecular weight excluding hydrogens is 398 g/mol. The number of hydrogen-bond donors (Lipinski definition) is 2. The van der Waals surface area contributed by atoms with E-state index in [0.29, 0.717) is 34.5 Å². The van der Waals surface area contributed by atoms with E-state index >= 15 is 0 Å². The minimum Gasteiger partial charge on any atom is -0.462 e. The van der Waals surface area contributed by atoms with E-state index in [1.807, 2.05) is 0 Å². The topological polar surface area (TPSA) is 101 Å². The Kier molecular flexibility index (Phi) is 9.09. The van der Waals surface area contributed by atoms with Crippen LogP contribution in [0, 0.1) is 0 Å². The van der Waals surface area contributed by atoms with E-state index in [4.69, 9.17) is 4.74 Å². The molecule has 2 aromatic rings. The lowest BCUT2D eigenvalue weighted by atomic mass is 10.2. The maximum Gasteiger partial charge on any atom is 0.338 e. The third-order valence-electron chi connectivity index (χ3n) is 3.39. The van der Waals surface area contributed by atoms with Crippen molar-refractivity contribution in [3.05, 3.63) is 51.9 Å². The molecule has 7 nitrogen and oxygen atoms in total. The summed E-state index contributed by atoms with van der Waals surface area (Å²) in [7, 11) is 0. The fourth-order valence-electron chi connectivity index (χ4n) is 2.18. The molecule has 28 heavy (non-hydrogen) atoms. The number of anilines is 1. The van der Waals surface area contributed by atoms with Gasteiger partial charge < -0.3 is 15.0 Å². The Hall–Kier alpha value is -2.26. The summed E-state index contributed by atoms with van der Waals surface area (Å²) in [5.74, 6) is 1.15. The quantitative estimate of drug-likeness (QED) is 0.263. The lowest BCUT2D eigenvalue weighted by molar-refractivity contribution is -0.113. The van der Waals surface area contributed by atoms with Gasteiger partial charge in [0.25, 0.3) is 5.56 Å². The lowest BCUT2D eigenvalue weighted by Gasteiger charge is -2.07. The van der Waals surface area contributed by atoms with Gasteiger partial charge in [0, 0.05) is 17.5 Å². The molecule has 0 bridgehead atoms. The van der Waals surface area contributed by atoms with Gasteiger partial charge in [-0.2, -0.15) is 11.8 Å². The largest absolute Gasteiger partial charge is 0.462 e. The zero-order chi connectivity index (χ0) is 20.4. The van der Waals surface area contributed by atoms with Crippen molar-refractivity contribution in [1.29, 1.82) is 0 Å². The van der Waals surface area contributed by atoms with Crippen molar-refractivity contribution in [1.82, 2.24) is 9.97 Å². The molecule has 0 aliphatic heterocycles. The summed E-state index contributed by atoms with van der Waals surface area (Å²) in [4.78, 5) is 42.6. The first-order valence-corrected chi connectivity index (χ1v) is 11.0. The van der Waals surface area contributed by atoms with Gasteiger partial charge in [0.1, 0.15) is 0 Å². The summed E-state index contributed by atoms with van der Waals surface area (Å²) in [5, 5.41) is 3.17. The molecule has 1 aromatic heterocycles. The third-order valence-corrected chi connectivity index (χ3v) is 5.46. The van der Waals surface area contributed by atoms with Crippen molar-refractivity contribution >= 4 is 41.1 Å². The smallest absolute Gasteiger partial charge is 0.338 e. The second kappa shape index (κ2) is 11.6. The van der Waals surface area contributed by atoms with Crippen molar-refractivity contribution in [3.8, 4) is 0 Å². The molecule has 0 spiro atoms. The number of rotatable bonds is 10. The van der Waals surface area contributed by atoms with Crippen LogP contribution in [-0.4, -0.2) is 40.0 Å². The third kappa shape index (κ3) is 7.40. The number of esters is 1. The molecular formula is C19H23N3O4S2. The Labute approximate surface area is 172 Å². The fourth-order valence-corrected chi connectivity index (χ4v) is 3.67. The van der Waals surface area contributed by atoms with Crippen LogP contribution in [0.15, 0.2) is 40.3 Å². The van der Waals surface area contributed by atoms with Gasteiger partial charge >= 0.3 is 5.97 Å². The number of aromatic nitrogens is 2. The molecule has 0 unspecified atom stereocenters. The molecule has 0 fully saturated rings. The zero-order valence-corrected chi connectivity index (χ0v) is 17.5. The van der Waals surface area contributed by atoms with E-state index in [2.05, 4.69) is 22.2 Å². The highest BCUT2D eigenvalue weighted by Gasteiger charge is 2.09. The monoisotopic (exact) mass is 421 g/mol. The van der Waals surface area contributed by atoms with Gasteiger partial charge in [-0.05, 0) is 43.4 Å². The average molecular weight is 422 g/mol. The molecule has 0 aliphatic rings. The van der Waals surface area contributed by atoms with Crippen LogP contribution < -0.4 is 10.9 Å². The first kappa shape index (κ1) is 22.0. The summed E-state index contributed by atoms with van der Waals surface area (Å²) in [6, 6.07) is 7.95. The van der Waals surface area contributed by atoms with Gasteiger partial charge in [-0.25, -0.2) is 9.78 Å². The molecule has 0 radical (unpaired) electrons. The Morgan fingerprint density at radius 2 is 1.96 bits per heavy atom. The predicted octanol–water partition coefficient (Wildman–Crippen LogP) is 3.32. The highest BCUT2D eigenvalue weighted by Crippen LogP contribution is 2.16. The fraction of sp³-hybridized carbons (Fsp3) is 0.368. The van der Waals surface area contributed by atoms with Crippen LogP contribution >= 0.6 is 23.5 Å². The summed E-state index contributed by atoms with van der Waals surface area (Å²) in [5.41, 5.74) is 1.48. The SMILES string of the molecule is CCCSCc1cc(=O)[nH]c(SCC(=O)Nc2ccc(C(=O)OCC)cc2)n1. The minimum atomic E-state index is -0.400. The molecule has 0 atom stereocenters. The molecule has 2 N–H and O–H groups in total. The minimum absolute atomic E-state index is 0.105. The Morgan fingerprint density at radius 3 is 2.64 bits per heavy atom. The number of carbonyl (C=O) groups is 2. The number of nitrogens with one attached hydrogen (secondary N) is 2. The van der Waals surface area contributed by atoms with Crippen LogP contribution in [0.1, 0.15) is 36.3 Å². The van der Waals surface area contributed by atoms with E-state index in [0.717, 1.165) is 12.2 Å². The first-order chi connectivity index (χ1) is 13.5. The molecule has 2 rings (SSSR count). The molecule has 0 aliphatic carbocycles. The number of thioether (sulfide) groups is 2. The van der Waals surface area contributed by atoms with Crippen LogP contribution in [0.5, 0.6) is 0 Å². The van der Waals surface area contributed by atoms with Crippen LogP contribution in [0.4, 0.5) is 5.69 Å². The van der Waals surface area contributed by atoms with Crippen LogP contribution in [0.2, 0.25) is 0 Å². The lowest BCUT2D eigenvalue weighted by Crippen LogP contribution is -2.16. The molecule has 1 amide bonds. The number of amides is 1. The van der Waals surface area contributed by atoms with E-state index in [1.54, 1.807) is 43.0 Å². The first-order valence-electron chi connectivity index (χ1n) is 8.89. The van der Waals surface area contributed by atoms with Gasteiger partial charge in [-0.15, -0.1) is 0 Å². The Morgan fingerprint density at radius 1 is 1.21 bits per heavy atom. The zero-order valence-electron chi connectivity index (χ0n) is 15.8. The second-order valence-corrected chi connectivity index (χ2v) is 7.80. The van der Waals surface area contributed by atoms with Crippen molar-refractivity contribution in [2.24, 2.45) is 0 Å². The predicted molar refractivity (Wildman–Crippen MR) is 113 cm³/mol. The van der Waals surface area contributed by atoms with Gasteiger partial charge in [0.2, 0.25) is 5.91 Å². The van der Waals surface area contributed by atoms with Crippen molar-refractivity contribution in [2.45, 2.75) is 31.2 Å². The number of hydrogen-bond acceptors (Lipinski definition) is 7. The van der Waals surface area contributed by atoms with Crippen LogP contribution in [-0.2, 0) is 15.3 Å². The van der Waals surface area contributed by atoms with Crippen molar-refractivity contribution in [2.75, 3.05) is 23.4 Å². The molecule has 150 valence electrons. The van der Waals surface area contributed by atoms with Gasteiger partial charge in [-0.3, -0.25) is 9.59 Å². The highest BCUT2D eigenvalue weighted by atomic mass is 32.2. The number of carbonyl (C=O) groups excluding carboxylic acids is 2. The molecule has 1 aromatic carbocycles. The normalized spacial score (nSPS) is 10.5. The molecule has 9 heteroatoms. The molecule has 0 saturated heterocycles. The van der Waals surface area contributed by atoms with Crippen molar-refractivity contribution in [3.63, 3.8) is 0 Å². The second-order valence-electron chi connectivity index (χ2n) is 5.73. The molecule has 0 saturated carbocycles. The number of aromatic amines is 1. The van der Waals surface area contributed by atoms with Gasteiger partial charge in [0.15, 0.2) is 5.16 Å². The number of benzene rings is 1. The van der Waals surface area contributed by atoms with Crippen LogP contribution in [0.3, 0.4) is 0 Å². The maximum atomic E-state index is 12.1. The maximum absolute atomic E-state index is 12.1. The standard InChI is InChI=1S/C19H23N3O4S2/c1-3-9-27-11-15-10-16(23)22-19(21-15)28-12-17(24)20-14-7-5-13(6-8-14)18(25)26-4-2/h5-8,10H,3-4,9,11-12H2,1-2H3,(H,20,24)(H,21,22,23). The molecule has 1 heterocycles. The summed E-state index contributed by atoms with van der Waals surface area (Å²) < 4.78 is 4.92. The highest BCUT2D eigenvalue weighted by molar-refractivity contribution is 7.99. The Bertz CT molecular complexity index is 853. The Balaban J connectivity index is 1.88. The average Bonchev–Trinajstić information content (AvgIpc) is 2.67. The van der Waals surface area contributed by atoms with Crippen LogP contribution in [0.25, 0.3) is 0 Å². The van der Waals surface area contributed by atoms with E-state index in [1.165, 1.54) is 17.8 Å². The number of nitrogens with zero attached hydrogens (tertiary/aromatic N) is 1. The summed E-state index contributed by atoms with van der Waals surface area (Å²) in [6.07, 6.45) is 1.07. The number of H-pyrrole nitrogens is 1. The van der Waals surface area contributed by atoms with E-state index in [9.17, 15) is 14.4 Å².